The molecule has 2 aromatic carbocycles. The monoisotopic (exact) mass is 412 g/mol. The molecule has 5 nitrogen and oxygen atoms in total. The van der Waals surface area contributed by atoms with Crippen LogP contribution in [0.5, 0.6) is 0 Å². The van der Waals surface area contributed by atoms with Gasteiger partial charge in [-0.05, 0) is 41.5 Å². The first-order valence-corrected chi connectivity index (χ1v) is 11.4. The van der Waals surface area contributed by atoms with Crippen molar-refractivity contribution < 1.29 is 13.2 Å². The summed E-state index contributed by atoms with van der Waals surface area (Å²) in [6, 6.07) is 19.6. The van der Waals surface area contributed by atoms with Crippen LogP contribution in [0.25, 0.3) is 0 Å². The van der Waals surface area contributed by atoms with Gasteiger partial charge in [0.2, 0.25) is 5.91 Å². The van der Waals surface area contributed by atoms with Crippen LogP contribution in [0, 0.1) is 0 Å². The molecule has 0 aliphatic carbocycles. The van der Waals surface area contributed by atoms with E-state index in [0.29, 0.717) is 13.0 Å². The van der Waals surface area contributed by atoms with Crippen LogP contribution >= 0.6 is 11.3 Å². The molecule has 1 atom stereocenters. The summed E-state index contributed by atoms with van der Waals surface area (Å²) in [6.07, 6.45) is 1.07. The number of hydrogen-bond acceptors (Lipinski definition) is 4. The van der Waals surface area contributed by atoms with Gasteiger partial charge in [0.05, 0.1) is 0 Å². The molecule has 2 heterocycles. The Hall–Kier alpha value is -2.48. The van der Waals surface area contributed by atoms with Crippen molar-refractivity contribution >= 4 is 33.0 Å². The topological polar surface area (TPSA) is 66.5 Å². The summed E-state index contributed by atoms with van der Waals surface area (Å²) < 4.78 is 28.4. The van der Waals surface area contributed by atoms with E-state index in [1.165, 1.54) is 0 Å². The highest BCUT2D eigenvalue weighted by Crippen LogP contribution is 2.28. The number of carbonyl (C=O) groups is 1. The number of nitrogens with zero attached hydrogens (tertiary/aromatic N) is 1. The second kappa shape index (κ2) is 7.87. The zero-order valence-electron chi connectivity index (χ0n) is 15.1. The number of fused-ring (bicyclic) bond motifs is 1. The van der Waals surface area contributed by atoms with Gasteiger partial charge >= 0.3 is 0 Å². The van der Waals surface area contributed by atoms with Crippen LogP contribution in [0.2, 0.25) is 0 Å². The summed E-state index contributed by atoms with van der Waals surface area (Å²) in [6.45, 7) is 0.560. The maximum atomic E-state index is 13.4. The minimum Gasteiger partial charge on any atom is -0.310 e. The van der Waals surface area contributed by atoms with Crippen molar-refractivity contribution in [2.24, 2.45) is 0 Å². The largest absolute Gasteiger partial charge is 0.310 e. The van der Waals surface area contributed by atoms with Gasteiger partial charge in [0.1, 0.15) is 10.3 Å². The summed E-state index contributed by atoms with van der Waals surface area (Å²) in [4.78, 5) is 15.1. The SMILES string of the molecule is O=C([C@@H](Cc1ccccc1)NS(=O)(=O)c1cccs1)N1CCc2ccccc21. The van der Waals surface area contributed by atoms with Crippen molar-refractivity contribution in [2.75, 3.05) is 11.4 Å². The molecule has 1 aromatic heterocycles. The molecule has 0 fully saturated rings. The number of benzene rings is 2. The molecule has 144 valence electrons. The van der Waals surface area contributed by atoms with E-state index in [9.17, 15) is 13.2 Å². The molecule has 28 heavy (non-hydrogen) atoms. The van der Waals surface area contributed by atoms with Gasteiger partial charge in [-0.2, -0.15) is 4.72 Å². The predicted molar refractivity (Wildman–Crippen MR) is 111 cm³/mol. The summed E-state index contributed by atoms with van der Waals surface area (Å²) in [7, 11) is -3.77. The zero-order valence-corrected chi connectivity index (χ0v) is 16.7. The first-order chi connectivity index (χ1) is 13.5. The van der Waals surface area contributed by atoms with Crippen LogP contribution in [0.3, 0.4) is 0 Å². The molecule has 0 spiro atoms. The number of rotatable bonds is 6. The number of sulfonamides is 1. The third-order valence-electron chi connectivity index (χ3n) is 4.79. The Morgan fingerprint density at radius 2 is 1.79 bits per heavy atom. The van der Waals surface area contributed by atoms with Gasteiger partial charge in [-0.25, -0.2) is 8.42 Å². The third kappa shape index (κ3) is 3.87. The standard InChI is InChI=1S/C21H20N2O3S2/c24-21(23-13-12-17-9-4-5-10-19(17)23)18(15-16-7-2-1-3-8-16)22-28(25,26)20-11-6-14-27-20/h1-11,14,18,22H,12-13,15H2/t18-/m1/s1. The van der Waals surface area contributed by atoms with Crippen molar-refractivity contribution in [1.82, 2.24) is 4.72 Å². The Balaban J connectivity index is 1.64. The Morgan fingerprint density at radius 1 is 1.04 bits per heavy atom. The van der Waals surface area contributed by atoms with E-state index in [1.807, 2.05) is 54.6 Å². The second-order valence-electron chi connectivity index (χ2n) is 6.66. The lowest BCUT2D eigenvalue weighted by atomic mass is 10.1. The third-order valence-corrected chi connectivity index (χ3v) is 7.66. The van der Waals surface area contributed by atoms with E-state index in [2.05, 4.69) is 4.72 Å². The molecule has 0 radical (unpaired) electrons. The number of para-hydroxylation sites is 1. The van der Waals surface area contributed by atoms with Gasteiger partial charge in [-0.3, -0.25) is 4.79 Å². The summed E-state index contributed by atoms with van der Waals surface area (Å²) in [5, 5.41) is 1.71. The van der Waals surface area contributed by atoms with E-state index < -0.39 is 16.1 Å². The molecule has 7 heteroatoms. The van der Waals surface area contributed by atoms with Crippen molar-refractivity contribution in [2.45, 2.75) is 23.1 Å². The number of nitrogens with one attached hydrogen (secondary N) is 1. The van der Waals surface area contributed by atoms with E-state index in [-0.39, 0.29) is 10.1 Å². The van der Waals surface area contributed by atoms with Gasteiger partial charge in [-0.15, -0.1) is 11.3 Å². The van der Waals surface area contributed by atoms with Crippen molar-refractivity contribution in [3.63, 3.8) is 0 Å². The molecule has 1 aliphatic heterocycles. The fourth-order valence-corrected chi connectivity index (χ4v) is 5.64. The molecule has 0 saturated carbocycles. The number of carbonyl (C=O) groups excluding carboxylic acids is 1. The number of thiophene rings is 1. The van der Waals surface area contributed by atoms with E-state index >= 15 is 0 Å². The molecular formula is C21H20N2O3S2. The zero-order chi connectivity index (χ0) is 19.6. The van der Waals surface area contributed by atoms with Crippen LogP contribution in [0.15, 0.2) is 76.3 Å². The molecule has 0 bridgehead atoms. The summed E-state index contributed by atoms with van der Waals surface area (Å²) in [5.41, 5.74) is 2.87. The minimum atomic E-state index is -3.77. The van der Waals surface area contributed by atoms with Crippen LogP contribution in [-0.2, 0) is 27.7 Å². The number of amides is 1. The Kier molecular flexibility index (Phi) is 5.30. The van der Waals surface area contributed by atoms with Gasteiger partial charge in [-0.1, -0.05) is 54.6 Å². The van der Waals surface area contributed by atoms with Crippen molar-refractivity contribution in [3.05, 3.63) is 83.2 Å². The first-order valence-electron chi connectivity index (χ1n) is 9.04. The lowest BCUT2D eigenvalue weighted by molar-refractivity contribution is -0.120. The fraction of sp³-hybridized carbons (Fsp3) is 0.190. The molecule has 1 N–H and O–H groups in total. The molecule has 3 aromatic rings. The van der Waals surface area contributed by atoms with Gasteiger partial charge < -0.3 is 4.90 Å². The Morgan fingerprint density at radius 3 is 2.54 bits per heavy atom. The van der Waals surface area contributed by atoms with Crippen LogP contribution < -0.4 is 9.62 Å². The lowest BCUT2D eigenvalue weighted by Gasteiger charge is -2.25. The molecule has 1 aliphatic rings. The second-order valence-corrected chi connectivity index (χ2v) is 9.55. The summed E-state index contributed by atoms with van der Waals surface area (Å²) >= 11 is 1.14. The molecule has 0 saturated heterocycles. The van der Waals surface area contributed by atoms with E-state index in [1.54, 1.807) is 22.4 Å². The Labute approximate surface area is 168 Å². The van der Waals surface area contributed by atoms with Gasteiger partial charge in [0, 0.05) is 12.2 Å². The quantitative estimate of drug-likeness (QED) is 0.676. The molecule has 0 unspecified atom stereocenters. The maximum absolute atomic E-state index is 13.4. The molecule has 1 amide bonds. The normalized spacial score (nSPS) is 14.6. The molecular weight excluding hydrogens is 392 g/mol. The van der Waals surface area contributed by atoms with Crippen LogP contribution in [0.1, 0.15) is 11.1 Å². The van der Waals surface area contributed by atoms with Crippen LogP contribution in [-0.4, -0.2) is 26.9 Å². The van der Waals surface area contributed by atoms with Gasteiger partial charge in [0.25, 0.3) is 10.0 Å². The highest BCUT2D eigenvalue weighted by atomic mass is 32.2. The summed E-state index contributed by atoms with van der Waals surface area (Å²) in [5.74, 6) is -0.228. The number of anilines is 1. The average molecular weight is 413 g/mol. The smallest absolute Gasteiger partial charge is 0.250 e. The highest BCUT2D eigenvalue weighted by molar-refractivity contribution is 7.91. The fourth-order valence-electron chi connectivity index (χ4n) is 3.45. The first kappa shape index (κ1) is 18.9. The van der Waals surface area contributed by atoms with Gasteiger partial charge in [0.15, 0.2) is 0 Å². The minimum absolute atomic E-state index is 0.209. The van der Waals surface area contributed by atoms with E-state index in [0.717, 1.165) is 34.6 Å². The van der Waals surface area contributed by atoms with E-state index in [4.69, 9.17) is 0 Å². The predicted octanol–water partition coefficient (Wildman–Crippen LogP) is 3.23. The lowest BCUT2D eigenvalue weighted by Crippen LogP contribution is -2.49. The highest BCUT2D eigenvalue weighted by Gasteiger charge is 2.33. The van der Waals surface area contributed by atoms with Crippen molar-refractivity contribution in [3.8, 4) is 0 Å². The average Bonchev–Trinajstić information content (AvgIpc) is 3.38. The molecule has 4 rings (SSSR count). The maximum Gasteiger partial charge on any atom is 0.250 e. The van der Waals surface area contributed by atoms with Crippen molar-refractivity contribution in [1.29, 1.82) is 0 Å². The van der Waals surface area contributed by atoms with Crippen LogP contribution in [0.4, 0.5) is 5.69 Å². The Bertz CT molecular complexity index is 1060. The number of hydrogen-bond donors (Lipinski definition) is 1.